The predicted octanol–water partition coefficient (Wildman–Crippen LogP) is 4.70. The van der Waals surface area contributed by atoms with Crippen molar-refractivity contribution in [2.75, 3.05) is 0 Å². The van der Waals surface area contributed by atoms with Gasteiger partial charge in [0.1, 0.15) is 0 Å². The summed E-state index contributed by atoms with van der Waals surface area (Å²) in [5.41, 5.74) is 2.27. The van der Waals surface area contributed by atoms with Crippen LogP contribution in [0.3, 0.4) is 0 Å². The number of pyridine rings is 1. The minimum atomic E-state index is -2.58. The van der Waals surface area contributed by atoms with E-state index < -0.39 is 5.92 Å². The molecule has 126 valence electrons. The summed E-state index contributed by atoms with van der Waals surface area (Å²) in [6.07, 6.45) is 2.00. The molecule has 0 unspecified atom stereocenters. The maximum Gasteiger partial charge on any atom is 0.259 e. The van der Waals surface area contributed by atoms with Gasteiger partial charge in [0, 0.05) is 22.7 Å². The zero-order chi connectivity index (χ0) is 17.1. The average Bonchev–Trinajstić information content (AvgIpc) is 2.95. The van der Waals surface area contributed by atoms with E-state index in [-0.39, 0.29) is 24.4 Å². The van der Waals surface area contributed by atoms with E-state index in [2.05, 4.69) is 26.0 Å². The molecule has 1 aromatic carbocycles. The Balaban J connectivity index is 1.94. The van der Waals surface area contributed by atoms with Gasteiger partial charge in [-0.2, -0.15) is 5.10 Å². The van der Waals surface area contributed by atoms with Gasteiger partial charge in [-0.3, -0.25) is 9.48 Å². The Morgan fingerprint density at radius 1 is 1.29 bits per heavy atom. The van der Waals surface area contributed by atoms with E-state index in [9.17, 15) is 13.6 Å². The Bertz CT molecular complexity index is 998. The van der Waals surface area contributed by atoms with Crippen LogP contribution in [-0.2, 0) is 0 Å². The second-order valence-corrected chi connectivity index (χ2v) is 7.39. The third-order valence-electron chi connectivity index (χ3n) is 4.87. The summed E-state index contributed by atoms with van der Waals surface area (Å²) in [5, 5.41) is 5.73. The quantitative estimate of drug-likeness (QED) is 0.649. The summed E-state index contributed by atoms with van der Waals surface area (Å²) in [5.74, 6) is -2.58. The highest BCUT2D eigenvalue weighted by molar-refractivity contribution is 9.10. The Labute approximate surface area is 145 Å². The van der Waals surface area contributed by atoms with Gasteiger partial charge in [0.25, 0.3) is 5.56 Å². The Morgan fingerprint density at radius 2 is 2.00 bits per heavy atom. The fraction of sp³-hybridized carbons (Fsp3) is 0.412. The number of benzene rings is 1. The molecule has 1 fully saturated rings. The van der Waals surface area contributed by atoms with Crippen LogP contribution in [0, 0.1) is 6.92 Å². The summed E-state index contributed by atoms with van der Waals surface area (Å²) in [7, 11) is 0. The molecule has 4 nitrogen and oxygen atoms in total. The number of fused-ring (bicyclic) bond motifs is 3. The lowest BCUT2D eigenvalue weighted by atomic mass is 9.92. The van der Waals surface area contributed by atoms with Crippen molar-refractivity contribution in [3.05, 3.63) is 38.7 Å². The summed E-state index contributed by atoms with van der Waals surface area (Å²) in [6, 6.07) is 3.76. The van der Waals surface area contributed by atoms with E-state index in [1.54, 1.807) is 4.68 Å². The van der Waals surface area contributed by atoms with Crippen molar-refractivity contribution < 1.29 is 8.78 Å². The molecule has 1 N–H and O–H groups in total. The van der Waals surface area contributed by atoms with Crippen LogP contribution in [0.5, 0.6) is 0 Å². The second kappa shape index (κ2) is 5.37. The van der Waals surface area contributed by atoms with Crippen molar-refractivity contribution in [2.45, 2.75) is 44.6 Å². The fourth-order valence-electron chi connectivity index (χ4n) is 3.51. The summed E-state index contributed by atoms with van der Waals surface area (Å²) in [6.45, 7) is 1.95. The number of rotatable bonds is 1. The summed E-state index contributed by atoms with van der Waals surface area (Å²) < 4.78 is 29.6. The van der Waals surface area contributed by atoms with E-state index in [1.807, 2.05) is 19.1 Å². The van der Waals surface area contributed by atoms with Gasteiger partial charge in [0.2, 0.25) is 5.92 Å². The van der Waals surface area contributed by atoms with Gasteiger partial charge >= 0.3 is 0 Å². The molecule has 0 saturated heterocycles. The topological polar surface area (TPSA) is 50.7 Å². The highest BCUT2D eigenvalue weighted by Gasteiger charge is 2.36. The first-order valence-corrected chi connectivity index (χ1v) is 8.72. The minimum absolute atomic E-state index is 0.104. The van der Waals surface area contributed by atoms with Crippen LogP contribution >= 0.6 is 15.9 Å². The van der Waals surface area contributed by atoms with Crippen LogP contribution in [0.4, 0.5) is 8.78 Å². The van der Waals surface area contributed by atoms with Crippen LogP contribution in [0.15, 0.2) is 27.6 Å². The number of hydrogen-bond donors (Lipinski definition) is 1. The van der Waals surface area contributed by atoms with E-state index in [0.717, 1.165) is 26.5 Å². The number of aryl methyl sites for hydroxylation is 1. The largest absolute Gasteiger partial charge is 0.321 e. The van der Waals surface area contributed by atoms with Crippen LogP contribution in [-0.4, -0.2) is 20.7 Å². The van der Waals surface area contributed by atoms with Gasteiger partial charge in [-0.1, -0.05) is 15.9 Å². The van der Waals surface area contributed by atoms with Gasteiger partial charge in [-0.25, -0.2) is 8.78 Å². The van der Waals surface area contributed by atoms with Gasteiger partial charge in [0.05, 0.1) is 28.7 Å². The molecular formula is C17H16BrF2N3O. The van der Waals surface area contributed by atoms with Crippen molar-refractivity contribution in [2.24, 2.45) is 0 Å². The molecule has 3 aromatic rings. The highest BCUT2D eigenvalue weighted by atomic mass is 79.9. The molecule has 0 radical (unpaired) electrons. The number of halogens is 3. The Hall–Kier alpha value is -1.76. The van der Waals surface area contributed by atoms with Crippen molar-refractivity contribution in [1.82, 2.24) is 14.8 Å². The Kier molecular flexibility index (Phi) is 3.53. The molecule has 0 aliphatic heterocycles. The summed E-state index contributed by atoms with van der Waals surface area (Å²) in [4.78, 5) is 15.2. The number of alkyl halides is 2. The second-order valence-electron chi connectivity index (χ2n) is 6.54. The number of nitrogens with one attached hydrogen (secondary N) is 1. The SMILES string of the molecule is Cc1cc2[nH]c(=O)c3cnn(C4CCC(F)(F)CC4)c3c2cc1Br. The molecular weight excluding hydrogens is 380 g/mol. The lowest BCUT2D eigenvalue weighted by Gasteiger charge is -2.29. The van der Waals surface area contributed by atoms with E-state index in [1.165, 1.54) is 6.20 Å². The molecule has 24 heavy (non-hydrogen) atoms. The van der Waals surface area contributed by atoms with Gasteiger partial charge in [-0.05, 0) is 37.5 Å². The van der Waals surface area contributed by atoms with Crippen LogP contribution in [0.2, 0.25) is 0 Å². The molecule has 2 heterocycles. The van der Waals surface area contributed by atoms with E-state index in [0.29, 0.717) is 18.2 Å². The Morgan fingerprint density at radius 3 is 2.71 bits per heavy atom. The maximum atomic E-state index is 13.5. The molecule has 1 aliphatic carbocycles. The van der Waals surface area contributed by atoms with Crippen LogP contribution < -0.4 is 5.56 Å². The molecule has 2 aromatic heterocycles. The monoisotopic (exact) mass is 395 g/mol. The first-order valence-electron chi connectivity index (χ1n) is 7.93. The van der Waals surface area contributed by atoms with E-state index >= 15 is 0 Å². The molecule has 1 aliphatic rings. The lowest BCUT2D eigenvalue weighted by Crippen LogP contribution is -2.26. The normalized spacial score (nSPS) is 18.5. The molecule has 4 rings (SSSR count). The molecule has 0 spiro atoms. The fourth-order valence-corrected chi connectivity index (χ4v) is 3.86. The lowest BCUT2D eigenvalue weighted by molar-refractivity contribution is -0.0445. The molecule has 0 amide bonds. The van der Waals surface area contributed by atoms with Crippen molar-refractivity contribution >= 4 is 37.7 Å². The van der Waals surface area contributed by atoms with Gasteiger partial charge < -0.3 is 4.98 Å². The van der Waals surface area contributed by atoms with Gasteiger partial charge in [-0.15, -0.1) is 0 Å². The number of hydrogen-bond acceptors (Lipinski definition) is 2. The molecule has 0 atom stereocenters. The third-order valence-corrected chi connectivity index (χ3v) is 5.73. The number of nitrogens with zero attached hydrogens (tertiary/aromatic N) is 2. The first kappa shape index (κ1) is 15.7. The third kappa shape index (κ3) is 2.46. The molecule has 1 saturated carbocycles. The number of aromatic nitrogens is 3. The smallest absolute Gasteiger partial charge is 0.259 e. The zero-order valence-corrected chi connectivity index (χ0v) is 14.7. The highest BCUT2D eigenvalue weighted by Crippen LogP contribution is 2.40. The molecule has 7 heteroatoms. The zero-order valence-electron chi connectivity index (χ0n) is 13.1. The maximum absolute atomic E-state index is 13.5. The number of aromatic amines is 1. The van der Waals surface area contributed by atoms with Crippen LogP contribution in [0.1, 0.15) is 37.3 Å². The first-order chi connectivity index (χ1) is 11.4. The average molecular weight is 396 g/mol. The standard InChI is InChI=1S/C17H16BrF2N3O/c1-9-6-14-11(7-13(9)18)15-12(16(24)22-14)8-21-23(15)10-2-4-17(19,20)5-3-10/h6-8,10H,2-5H2,1H3,(H,22,24). The summed E-state index contributed by atoms with van der Waals surface area (Å²) >= 11 is 3.52. The van der Waals surface area contributed by atoms with Crippen molar-refractivity contribution in [3.63, 3.8) is 0 Å². The van der Waals surface area contributed by atoms with Crippen molar-refractivity contribution in [1.29, 1.82) is 0 Å². The van der Waals surface area contributed by atoms with Gasteiger partial charge in [0.15, 0.2) is 0 Å². The van der Waals surface area contributed by atoms with Crippen LogP contribution in [0.25, 0.3) is 21.8 Å². The minimum Gasteiger partial charge on any atom is -0.321 e. The number of H-pyrrole nitrogens is 1. The van der Waals surface area contributed by atoms with Crippen molar-refractivity contribution in [3.8, 4) is 0 Å². The predicted molar refractivity (Wildman–Crippen MR) is 92.7 cm³/mol. The van der Waals surface area contributed by atoms with E-state index in [4.69, 9.17) is 0 Å². The molecule has 0 bridgehead atoms.